The van der Waals surface area contributed by atoms with Crippen molar-refractivity contribution in [2.24, 2.45) is 0 Å². The lowest BCUT2D eigenvalue weighted by Crippen LogP contribution is -2.30. The molecule has 0 aliphatic rings. The molecular formula is C16H15N7O. The number of rotatable bonds is 4. The van der Waals surface area contributed by atoms with Crippen LogP contribution in [0.4, 0.5) is 0 Å². The number of nitrogens with one attached hydrogen (secondary N) is 1. The highest BCUT2D eigenvalue weighted by molar-refractivity contribution is 5.92. The van der Waals surface area contributed by atoms with Crippen molar-refractivity contribution in [2.75, 3.05) is 0 Å². The highest BCUT2D eigenvalue weighted by atomic mass is 16.2. The van der Waals surface area contributed by atoms with E-state index >= 15 is 0 Å². The number of amides is 1. The molecule has 2 heterocycles. The van der Waals surface area contributed by atoms with Crippen LogP contribution in [0.15, 0.2) is 42.7 Å². The van der Waals surface area contributed by atoms with Crippen LogP contribution in [0, 0.1) is 11.3 Å². The van der Waals surface area contributed by atoms with Crippen LogP contribution in [0.25, 0.3) is 11.5 Å². The molecule has 0 radical (unpaired) electrons. The van der Waals surface area contributed by atoms with Gasteiger partial charge in [-0.05, 0) is 26.0 Å². The van der Waals surface area contributed by atoms with E-state index in [2.05, 4.69) is 26.8 Å². The van der Waals surface area contributed by atoms with Crippen LogP contribution in [0.2, 0.25) is 0 Å². The van der Waals surface area contributed by atoms with Crippen LogP contribution in [-0.2, 0) is 0 Å². The van der Waals surface area contributed by atoms with Gasteiger partial charge in [-0.3, -0.25) is 4.79 Å². The summed E-state index contributed by atoms with van der Waals surface area (Å²) in [7, 11) is 0. The van der Waals surface area contributed by atoms with Crippen molar-refractivity contribution in [3.63, 3.8) is 0 Å². The Morgan fingerprint density at radius 1 is 1.21 bits per heavy atom. The summed E-state index contributed by atoms with van der Waals surface area (Å²) in [5, 5.41) is 24.2. The van der Waals surface area contributed by atoms with Gasteiger partial charge in [0.15, 0.2) is 11.5 Å². The van der Waals surface area contributed by atoms with E-state index in [0.717, 1.165) is 5.69 Å². The number of para-hydroxylation sites is 1. The molecule has 3 rings (SSSR count). The van der Waals surface area contributed by atoms with E-state index in [4.69, 9.17) is 0 Å². The van der Waals surface area contributed by atoms with Crippen molar-refractivity contribution in [2.45, 2.75) is 19.9 Å². The van der Waals surface area contributed by atoms with Crippen LogP contribution in [0.5, 0.6) is 0 Å². The molecule has 0 fully saturated rings. The van der Waals surface area contributed by atoms with Gasteiger partial charge in [0.1, 0.15) is 11.6 Å². The first kappa shape index (κ1) is 15.4. The quantitative estimate of drug-likeness (QED) is 0.784. The van der Waals surface area contributed by atoms with E-state index in [1.54, 1.807) is 10.9 Å². The maximum atomic E-state index is 12.0. The number of hydrogen-bond acceptors (Lipinski definition) is 5. The maximum absolute atomic E-state index is 12.0. The number of benzene rings is 1. The number of nitrogens with zero attached hydrogens (tertiary/aromatic N) is 6. The molecule has 0 aliphatic carbocycles. The van der Waals surface area contributed by atoms with Gasteiger partial charge < -0.3 is 5.32 Å². The summed E-state index contributed by atoms with van der Waals surface area (Å²) in [5.74, 6) is -0.00491. The Morgan fingerprint density at radius 2 is 1.96 bits per heavy atom. The van der Waals surface area contributed by atoms with Crippen molar-refractivity contribution in [3.05, 3.63) is 54.0 Å². The standard InChI is InChI=1S/C16H15N7O/c1-11(2)18-16(24)14-10-23(21-19-14)15-12(8-17)9-22(20-15)13-6-4-3-5-7-13/h3-7,9-11H,1-2H3,(H,18,24). The first-order valence-corrected chi connectivity index (χ1v) is 7.37. The summed E-state index contributed by atoms with van der Waals surface area (Å²) in [6, 6.07) is 11.5. The predicted molar refractivity (Wildman–Crippen MR) is 85.8 cm³/mol. The number of aromatic nitrogens is 5. The van der Waals surface area contributed by atoms with Gasteiger partial charge in [-0.15, -0.1) is 10.2 Å². The third-order valence-electron chi connectivity index (χ3n) is 3.20. The Kier molecular flexibility index (Phi) is 4.07. The molecule has 0 aliphatic heterocycles. The van der Waals surface area contributed by atoms with Crippen molar-refractivity contribution in [1.29, 1.82) is 5.26 Å². The molecule has 8 heteroatoms. The van der Waals surface area contributed by atoms with Crippen molar-refractivity contribution in [1.82, 2.24) is 30.1 Å². The van der Waals surface area contributed by atoms with Gasteiger partial charge in [0.05, 0.1) is 18.1 Å². The third-order valence-corrected chi connectivity index (χ3v) is 3.20. The van der Waals surface area contributed by atoms with Gasteiger partial charge in [-0.2, -0.15) is 9.94 Å². The largest absolute Gasteiger partial charge is 0.348 e. The molecule has 8 nitrogen and oxygen atoms in total. The molecule has 1 N–H and O–H groups in total. The second-order valence-corrected chi connectivity index (χ2v) is 5.43. The molecular weight excluding hydrogens is 306 g/mol. The molecule has 2 aromatic heterocycles. The number of nitriles is 1. The number of carbonyl (C=O) groups is 1. The normalized spacial score (nSPS) is 10.6. The minimum absolute atomic E-state index is 0.00499. The minimum Gasteiger partial charge on any atom is -0.348 e. The summed E-state index contributed by atoms with van der Waals surface area (Å²) in [6.07, 6.45) is 3.07. The van der Waals surface area contributed by atoms with Gasteiger partial charge in [0.25, 0.3) is 5.91 Å². The average Bonchev–Trinajstić information content (AvgIpc) is 3.21. The molecule has 0 bridgehead atoms. The lowest BCUT2D eigenvalue weighted by molar-refractivity contribution is 0.0938. The van der Waals surface area contributed by atoms with E-state index < -0.39 is 0 Å². The summed E-state index contributed by atoms with van der Waals surface area (Å²) in [6.45, 7) is 3.72. The summed E-state index contributed by atoms with van der Waals surface area (Å²) >= 11 is 0. The van der Waals surface area contributed by atoms with Crippen LogP contribution in [0.3, 0.4) is 0 Å². The van der Waals surface area contributed by atoms with Crippen LogP contribution in [0.1, 0.15) is 29.9 Å². The topological polar surface area (TPSA) is 101 Å². The molecule has 3 aromatic rings. The third kappa shape index (κ3) is 3.01. The molecule has 1 aromatic carbocycles. The zero-order valence-corrected chi connectivity index (χ0v) is 13.2. The second kappa shape index (κ2) is 6.34. The predicted octanol–water partition coefficient (Wildman–Crippen LogP) is 1.46. The van der Waals surface area contributed by atoms with Crippen molar-refractivity contribution in [3.8, 4) is 17.6 Å². The summed E-state index contributed by atoms with van der Waals surface area (Å²) < 4.78 is 2.91. The molecule has 0 saturated carbocycles. The van der Waals surface area contributed by atoms with Crippen LogP contribution in [-0.4, -0.2) is 36.7 Å². The fourth-order valence-electron chi connectivity index (χ4n) is 2.13. The molecule has 24 heavy (non-hydrogen) atoms. The molecule has 1 amide bonds. The van der Waals surface area contributed by atoms with Crippen molar-refractivity contribution < 1.29 is 4.79 Å². The summed E-state index contributed by atoms with van der Waals surface area (Å²) in [4.78, 5) is 12.0. The Hall–Kier alpha value is -3.47. The molecule has 0 saturated heterocycles. The first-order valence-electron chi connectivity index (χ1n) is 7.37. The van der Waals surface area contributed by atoms with Gasteiger partial charge in [-0.1, -0.05) is 23.4 Å². The number of carbonyl (C=O) groups excluding carboxylic acids is 1. The Morgan fingerprint density at radius 3 is 2.62 bits per heavy atom. The summed E-state index contributed by atoms with van der Waals surface area (Å²) in [5.41, 5.74) is 1.32. The fourth-order valence-corrected chi connectivity index (χ4v) is 2.13. The molecule has 0 unspecified atom stereocenters. The Balaban J connectivity index is 1.96. The second-order valence-electron chi connectivity index (χ2n) is 5.43. The minimum atomic E-state index is -0.322. The van der Waals surface area contributed by atoms with E-state index in [9.17, 15) is 10.1 Å². The lowest BCUT2D eigenvalue weighted by atomic mass is 10.3. The van der Waals surface area contributed by atoms with E-state index in [-0.39, 0.29) is 17.6 Å². The zero-order chi connectivity index (χ0) is 17.1. The molecule has 0 atom stereocenters. The van der Waals surface area contributed by atoms with Crippen LogP contribution >= 0.6 is 0 Å². The van der Waals surface area contributed by atoms with Gasteiger partial charge in [0.2, 0.25) is 0 Å². The maximum Gasteiger partial charge on any atom is 0.273 e. The molecule has 120 valence electrons. The first-order chi connectivity index (χ1) is 11.6. The van der Waals surface area contributed by atoms with Crippen molar-refractivity contribution >= 4 is 5.91 Å². The number of hydrogen-bond donors (Lipinski definition) is 1. The SMILES string of the molecule is CC(C)NC(=O)c1cn(-c2nn(-c3ccccc3)cc2C#N)nn1. The van der Waals surface area contributed by atoms with E-state index in [1.165, 1.54) is 10.9 Å². The van der Waals surface area contributed by atoms with E-state index in [0.29, 0.717) is 11.4 Å². The van der Waals surface area contributed by atoms with Gasteiger partial charge in [-0.25, -0.2) is 4.68 Å². The van der Waals surface area contributed by atoms with Crippen LogP contribution < -0.4 is 5.32 Å². The zero-order valence-electron chi connectivity index (χ0n) is 13.2. The molecule has 0 spiro atoms. The van der Waals surface area contributed by atoms with Gasteiger partial charge in [0, 0.05) is 6.04 Å². The monoisotopic (exact) mass is 321 g/mol. The lowest BCUT2D eigenvalue weighted by Gasteiger charge is -2.04. The highest BCUT2D eigenvalue weighted by Crippen LogP contribution is 2.15. The van der Waals surface area contributed by atoms with E-state index in [1.807, 2.05) is 44.2 Å². The fraction of sp³-hybridized carbons (Fsp3) is 0.188. The smallest absolute Gasteiger partial charge is 0.273 e. The Bertz CT molecular complexity index is 902. The average molecular weight is 321 g/mol. The van der Waals surface area contributed by atoms with Gasteiger partial charge >= 0.3 is 0 Å². The highest BCUT2D eigenvalue weighted by Gasteiger charge is 2.17. The Labute approximate surface area is 138 Å².